The van der Waals surface area contributed by atoms with E-state index in [1.807, 2.05) is 11.0 Å². The average molecular weight is 349 g/mol. The van der Waals surface area contributed by atoms with Crippen molar-refractivity contribution < 1.29 is 9.90 Å². The van der Waals surface area contributed by atoms with Gasteiger partial charge in [-0.05, 0) is 25.7 Å². The molecule has 0 radical (unpaired) electrons. The highest BCUT2D eigenvalue weighted by Crippen LogP contribution is 2.39. The molecule has 0 unspecified atom stereocenters. The Bertz CT molecular complexity index is 513. The molecule has 2 aliphatic rings. The molecule has 6 nitrogen and oxygen atoms in total. The fraction of sp³-hybridized carbons (Fsp3) is 0.643. The van der Waals surface area contributed by atoms with Gasteiger partial charge < -0.3 is 15.7 Å². The minimum Gasteiger partial charge on any atom is -0.481 e. The number of carboxylic acid groups (broad SMARTS) is 1. The Morgan fingerprint density at radius 2 is 1.91 bits per heavy atom. The van der Waals surface area contributed by atoms with Crippen LogP contribution in [-0.4, -0.2) is 40.2 Å². The number of rotatable bonds is 3. The van der Waals surface area contributed by atoms with Crippen LogP contribution in [0.25, 0.3) is 0 Å². The summed E-state index contributed by atoms with van der Waals surface area (Å²) in [4.78, 5) is 21.9. The van der Waals surface area contributed by atoms with Crippen molar-refractivity contribution in [3.05, 3.63) is 18.1 Å². The first-order valence-electron chi connectivity index (χ1n) is 7.18. The minimum absolute atomic E-state index is 0. The number of aromatic nitrogens is 2. The summed E-state index contributed by atoms with van der Waals surface area (Å²) in [5.74, 6) is 0.252. The van der Waals surface area contributed by atoms with E-state index in [0.717, 1.165) is 17.9 Å². The molecule has 124 valence electrons. The summed E-state index contributed by atoms with van der Waals surface area (Å²) in [6.07, 6.45) is 5.33. The smallest absolute Gasteiger partial charge is 0.308 e. The molecule has 1 saturated heterocycles. The quantitative estimate of drug-likeness (QED) is 0.865. The molecule has 1 aliphatic carbocycles. The average Bonchev–Trinajstić information content (AvgIpc) is 3.25. The molecular formula is C14H22Cl2N4O2. The van der Waals surface area contributed by atoms with Crippen molar-refractivity contribution in [2.75, 3.05) is 18.0 Å². The first-order valence-corrected chi connectivity index (χ1v) is 7.18. The number of carboxylic acids is 1. The SMILES string of the molecule is Cl.Cl.N[C@@H]1CC[C@H](C(=O)O)CN(c2cc(C3CC3)ncn2)C1. The zero-order chi connectivity index (χ0) is 14.1. The third-order valence-electron chi connectivity index (χ3n) is 4.12. The van der Waals surface area contributed by atoms with Gasteiger partial charge in [-0.1, -0.05) is 0 Å². The molecule has 2 fully saturated rings. The summed E-state index contributed by atoms with van der Waals surface area (Å²) in [5.41, 5.74) is 7.13. The van der Waals surface area contributed by atoms with Crippen LogP contribution in [0.4, 0.5) is 5.82 Å². The van der Waals surface area contributed by atoms with Gasteiger partial charge in [0, 0.05) is 36.8 Å². The molecule has 22 heavy (non-hydrogen) atoms. The molecule has 8 heteroatoms. The maximum atomic E-state index is 11.3. The lowest BCUT2D eigenvalue weighted by atomic mass is 10.0. The normalized spacial score (nSPS) is 24.7. The monoisotopic (exact) mass is 348 g/mol. The van der Waals surface area contributed by atoms with Gasteiger partial charge in [-0.2, -0.15) is 0 Å². The lowest BCUT2D eigenvalue weighted by molar-refractivity contribution is -0.141. The van der Waals surface area contributed by atoms with Gasteiger partial charge in [0.15, 0.2) is 0 Å². The Morgan fingerprint density at radius 1 is 1.18 bits per heavy atom. The van der Waals surface area contributed by atoms with Crippen LogP contribution in [0.5, 0.6) is 0 Å². The highest BCUT2D eigenvalue weighted by atomic mass is 35.5. The zero-order valence-electron chi connectivity index (χ0n) is 12.2. The number of nitrogens with two attached hydrogens (primary N) is 1. The van der Waals surface area contributed by atoms with Gasteiger partial charge in [0.25, 0.3) is 0 Å². The first-order chi connectivity index (χ1) is 9.63. The summed E-state index contributed by atoms with van der Waals surface area (Å²) in [7, 11) is 0. The van der Waals surface area contributed by atoms with E-state index in [1.54, 1.807) is 6.33 Å². The van der Waals surface area contributed by atoms with E-state index in [2.05, 4.69) is 9.97 Å². The number of aliphatic carboxylic acids is 1. The van der Waals surface area contributed by atoms with Crippen molar-refractivity contribution in [2.45, 2.75) is 37.6 Å². The van der Waals surface area contributed by atoms with Crippen LogP contribution in [0.2, 0.25) is 0 Å². The molecule has 0 amide bonds. The second kappa shape index (κ2) is 7.94. The number of anilines is 1. The Morgan fingerprint density at radius 3 is 2.55 bits per heavy atom. The molecule has 0 spiro atoms. The highest BCUT2D eigenvalue weighted by Gasteiger charge is 2.29. The molecule has 3 N–H and O–H groups in total. The molecule has 0 bridgehead atoms. The van der Waals surface area contributed by atoms with E-state index in [-0.39, 0.29) is 36.8 Å². The Labute approximate surface area is 142 Å². The zero-order valence-corrected chi connectivity index (χ0v) is 13.9. The number of nitrogens with zero attached hydrogens (tertiary/aromatic N) is 3. The van der Waals surface area contributed by atoms with E-state index in [4.69, 9.17) is 5.73 Å². The van der Waals surface area contributed by atoms with Gasteiger partial charge in [0.05, 0.1) is 5.92 Å². The first kappa shape index (κ1) is 18.9. The fourth-order valence-electron chi connectivity index (χ4n) is 2.75. The number of halogens is 2. The summed E-state index contributed by atoms with van der Waals surface area (Å²) >= 11 is 0. The lowest BCUT2D eigenvalue weighted by Gasteiger charge is -2.25. The molecule has 1 aromatic rings. The van der Waals surface area contributed by atoms with Crippen LogP contribution < -0.4 is 10.6 Å². The molecule has 1 aliphatic heterocycles. The highest BCUT2D eigenvalue weighted by molar-refractivity contribution is 5.85. The Hall–Kier alpha value is -1.11. The lowest BCUT2D eigenvalue weighted by Crippen LogP contribution is -2.38. The summed E-state index contributed by atoms with van der Waals surface area (Å²) < 4.78 is 0. The van der Waals surface area contributed by atoms with Crippen molar-refractivity contribution in [2.24, 2.45) is 11.7 Å². The van der Waals surface area contributed by atoms with Gasteiger partial charge in [0.2, 0.25) is 0 Å². The maximum Gasteiger partial charge on any atom is 0.308 e. The predicted octanol–water partition coefficient (Wildman–Crippen LogP) is 1.83. The van der Waals surface area contributed by atoms with Gasteiger partial charge in [-0.15, -0.1) is 24.8 Å². The van der Waals surface area contributed by atoms with Crippen LogP contribution in [0, 0.1) is 5.92 Å². The Balaban J connectivity index is 0.00000121. The van der Waals surface area contributed by atoms with E-state index in [0.29, 0.717) is 25.4 Å². The second-order valence-corrected chi connectivity index (χ2v) is 5.85. The van der Waals surface area contributed by atoms with Gasteiger partial charge in [0.1, 0.15) is 12.1 Å². The number of carbonyl (C=O) groups is 1. The van der Waals surface area contributed by atoms with Crippen LogP contribution in [-0.2, 0) is 4.79 Å². The van der Waals surface area contributed by atoms with E-state index in [1.165, 1.54) is 12.8 Å². The molecular weight excluding hydrogens is 327 g/mol. The third kappa shape index (κ3) is 4.44. The third-order valence-corrected chi connectivity index (χ3v) is 4.12. The molecule has 2 atom stereocenters. The Kier molecular flexibility index (Phi) is 6.84. The van der Waals surface area contributed by atoms with Crippen LogP contribution in [0.3, 0.4) is 0 Å². The van der Waals surface area contributed by atoms with E-state index < -0.39 is 5.97 Å². The largest absolute Gasteiger partial charge is 0.481 e. The van der Waals surface area contributed by atoms with Gasteiger partial charge in [-0.25, -0.2) is 9.97 Å². The van der Waals surface area contributed by atoms with E-state index in [9.17, 15) is 9.90 Å². The van der Waals surface area contributed by atoms with Crippen molar-refractivity contribution in [3.8, 4) is 0 Å². The van der Waals surface area contributed by atoms with Crippen LogP contribution >= 0.6 is 24.8 Å². The predicted molar refractivity (Wildman–Crippen MR) is 89.1 cm³/mol. The van der Waals surface area contributed by atoms with Crippen molar-refractivity contribution in [1.29, 1.82) is 0 Å². The van der Waals surface area contributed by atoms with Crippen LogP contribution in [0.15, 0.2) is 12.4 Å². The molecule has 1 saturated carbocycles. The molecule has 2 heterocycles. The van der Waals surface area contributed by atoms with Crippen molar-refractivity contribution in [3.63, 3.8) is 0 Å². The summed E-state index contributed by atoms with van der Waals surface area (Å²) in [6.45, 7) is 1.13. The second-order valence-electron chi connectivity index (χ2n) is 5.85. The van der Waals surface area contributed by atoms with Crippen LogP contribution in [0.1, 0.15) is 37.3 Å². The van der Waals surface area contributed by atoms with E-state index >= 15 is 0 Å². The summed E-state index contributed by atoms with van der Waals surface area (Å²) in [6, 6.07) is 1.99. The fourth-order valence-corrected chi connectivity index (χ4v) is 2.75. The minimum atomic E-state index is -0.749. The topological polar surface area (TPSA) is 92.3 Å². The number of hydrogen-bond acceptors (Lipinski definition) is 5. The molecule has 3 rings (SSSR count). The molecule has 0 aromatic carbocycles. The van der Waals surface area contributed by atoms with Gasteiger partial charge >= 0.3 is 5.97 Å². The molecule has 1 aromatic heterocycles. The maximum absolute atomic E-state index is 11.3. The van der Waals surface area contributed by atoms with Crippen molar-refractivity contribution in [1.82, 2.24) is 9.97 Å². The van der Waals surface area contributed by atoms with Gasteiger partial charge in [-0.3, -0.25) is 4.79 Å². The number of hydrogen-bond donors (Lipinski definition) is 2. The summed E-state index contributed by atoms with van der Waals surface area (Å²) in [5, 5.41) is 9.27. The standard InChI is InChI=1S/C14H20N4O2.2ClH/c15-11-4-3-10(14(19)20)6-18(7-11)13-5-12(9-1-2-9)16-8-17-13;;/h5,8-11H,1-4,6-7,15H2,(H,19,20);2*1H/t10-,11+;;/m0../s1. The van der Waals surface area contributed by atoms with Crippen molar-refractivity contribution >= 4 is 36.6 Å².